The van der Waals surface area contributed by atoms with Gasteiger partial charge in [-0.25, -0.2) is 4.98 Å². The lowest BCUT2D eigenvalue weighted by Crippen LogP contribution is -2.25. The Bertz CT molecular complexity index is 757. The Morgan fingerprint density at radius 2 is 2.12 bits per heavy atom. The lowest BCUT2D eigenvalue weighted by molar-refractivity contribution is -0.115. The zero-order chi connectivity index (χ0) is 19.1. The van der Waals surface area contributed by atoms with Gasteiger partial charge in [-0.1, -0.05) is 25.4 Å². The first kappa shape index (κ1) is 20.4. The monoisotopic (exact) mass is 396 g/mol. The second-order valence-corrected chi connectivity index (χ2v) is 8.22. The molecule has 2 aromatic heterocycles. The van der Waals surface area contributed by atoms with Crippen LogP contribution in [0.5, 0.6) is 0 Å². The van der Waals surface area contributed by atoms with Crippen LogP contribution in [0, 0.1) is 6.92 Å². The third kappa shape index (κ3) is 5.84. The lowest BCUT2D eigenvalue weighted by Gasteiger charge is -2.09. The van der Waals surface area contributed by atoms with Gasteiger partial charge in [0, 0.05) is 10.9 Å². The molecule has 1 unspecified atom stereocenters. The van der Waals surface area contributed by atoms with Gasteiger partial charge in [0.1, 0.15) is 5.76 Å². The molecule has 0 radical (unpaired) electrons. The van der Waals surface area contributed by atoms with Crippen LogP contribution in [0.1, 0.15) is 43.5 Å². The van der Waals surface area contributed by atoms with Crippen molar-refractivity contribution in [1.82, 2.24) is 10.1 Å². The average molecular weight is 397 g/mol. The third-order valence-corrected chi connectivity index (χ3v) is 5.85. The minimum atomic E-state index is -0.393. The number of hydrogen-bond donors (Lipinski definition) is 2. The van der Waals surface area contributed by atoms with Gasteiger partial charge >= 0.3 is 0 Å². The van der Waals surface area contributed by atoms with Crippen molar-refractivity contribution in [3.8, 4) is 0 Å². The van der Waals surface area contributed by atoms with Gasteiger partial charge in [-0.05, 0) is 26.7 Å². The van der Waals surface area contributed by atoms with Gasteiger partial charge in [-0.15, -0.1) is 23.1 Å². The van der Waals surface area contributed by atoms with E-state index >= 15 is 0 Å². The van der Waals surface area contributed by atoms with E-state index in [1.165, 1.54) is 28.0 Å². The summed E-state index contributed by atoms with van der Waals surface area (Å²) in [5.74, 6) is 0.798. The summed E-state index contributed by atoms with van der Waals surface area (Å²) in [6, 6.07) is 1.64. The van der Waals surface area contributed by atoms with Crippen LogP contribution in [0.4, 0.5) is 10.9 Å². The lowest BCUT2D eigenvalue weighted by atomic mass is 10.2. The molecule has 0 saturated heterocycles. The maximum absolute atomic E-state index is 12.1. The Morgan fingerprint density at radius 1 is 1.35 bits per heavy atom. The van der Waals surface area contributed by atoms with Crippen LogP contribution in [-0.4, -0.2) is 33.0 Å². The van der Waals surface area contributed by atoms with Gasteiger partial charge < -0.3 is 15.2 Å². The number of carbonyl (C=O) groups excluding carboxylic acids is 2. The first-order valence-electron chi connectivity index (χ1n) is 8.57. The molecular weight excluding hydrogens is 372 g/mol. The molecule has 1 atom stereocenters. The minimum absolute atomic E-state index is 0.161. The van der Waals surface area contributed by atoms with Crippen molar-refractivity contribution in [1.29, 1.82) is 0 Å². The third-order valence-electron chi connectivity index (χ3n) is 3.55. The van der Waals surface area contributed by atoms with E-state index in [-0.39, 0.29) is 17.6 Å². The zero-order valence-corrected chi connectivity index (χ0v) is 17.1. The summed E-state index contributed by atoms with van der Waals surface area (Å²) in [4.78, 5) is 30.0. The van der Waals surface area contributed by atoms with E-state index in [1.807, 2.05) is 0 Å². The molecule has 9 heteroatoms. The molecule has 2 rings (SSSR count). The Hall–Kier alpha value is -1.87. The fourth-order valence-corrected chi connectivity index (χ4v) is 3.88. The largest absolute Gasteiger partial charge is 0.360 e. The van der Waals surface area contributed by atoms with E-state index in [1.54, 1.807) is 19.9 Å². The van der Waals surface area contributed by atoms with Crippen LogP contribution in [0.15, 0.2) is 10.6 Å². The quantitative estimate of drug-likeness (QED) is 0.671. The second kappa shape index (κ2) is 9.72. The van der Waals surface area contributed by atoms with Gasteiger partial charge in [0.05, 0.1) is 16.7 Å². The number of carbonyl (C=O) groups is 2. The first-order chi connectivity index (χ1) is 12.4. The van der Waals surface area contributed by atoms with Gasteiger partial charge in [0.25, 0.3) is 0 Å². The van der Waals surface area contributed by atoms with Crippen molar-refractivity contribution in [3.63, 3.8) is 0 Å². The number of nitrogens with one attached hydrogen (secondary N) is 2. The van der Waals surface area contributed by atoms with E-state index < -0.39 is 5.25 Å². The SMILES string of the molecule is CCCc1nc(NC(=O)CSC(C)C(=O)Nc2cc(C)on2)sc1CC. The maximum Gasteiger partial charge on any atom is 0.238 e. The van der Waals surface area contributed by atoms with Gasteiger partial charge in [-0.2, -0.15) is 0 Å². The molecule has 2 aromatic rings. The molecule has 0 spiro atoms. The van der Waals surface area contributed by atoms with Crippen LogP contribution in [0.25, 0.3) is 0 Å². The number of aromatic nitrogens is 2. The number of anilines is 2. The average Bonchev–Trinajstić information content (AvgIpc) is 3.18. The van der Waals surface area contributed by atoms with Crippen molar-refractivity contribution >= 4 is 45.9 Å². The second-order valence-electron chi connectivity index (χ2n) is 5.81. The maximum atomic E-state index is 12.1. The zero-order valence-electron chi connectivity index (χ0n) is 15.4. The molecule has 0 fully saturated rings. The molecule has 142 valence electrons. The van der Waals surface area contributed by atoms with E-state index in [0.29, 0.717) is 16.7 Å². The molecule has 0 bridgehead atoms. The molecular formula is C17H24N4O3S2. The van der Waals surface area contributed by atoms with E-state index in [0.717, 1.165) is 25.0 Å². The summed E-state index contributed by atoms with van der Waals surface area (Å²) in [5.41, 5.74) is 1.07. The molecule has 2 N–H and O–H groups in total. The van der Waals surface area contributed by atoms with Crippen LogP contribution in [0.3, 0.4) is 0 Å². The summed E-state index contributed by atoms with van der Waals surface area (Å²) in [6.45, 7) is 7.70. The van der Waals surface area contributed by atoms with Crippen LogP contribution in [0.2, 0.25) is 0 Å². The fourth-order valence-electron chi connectivity index (χ4n) is 2.23. The van der Waals surface area contributed by atoms with Crippen LogP contribution < -0.4 is 10.6 Å². The predicted octanol–water partition coefficient (Wildman–Crippen LogP) is 3.65. The van der Waals surface area contributed by atoms with Crippen LogP contribution >= 0.6 is 23.1 Å². The molecule has 0 saturated carbocycles. The number of thiazole rings is 1. The van der Waals surface area contributed by atoms with Crippen LogP contribution in [-0.2, 0) is 22.4 Å². The number of amides is 2. The summed E-state index contributed by atoms with van der Waals surface area (Å²) >= 11 is 2.78. The summed E-state index contributed by atoms with van der Waals surface area (Å²) in [6.07, 6.45) is 2.86. The standard InChI is InChI=1S/C17H24N4O3S2/c1-5-7-12-13(6-2)26-17(18-12)20-15(22)9-25-11(4)16(23)19-14-8-10(3)24-21-14/h8,11H,5-7,9H2,1-4H3,(H,18,20,22)(H,19,21,23). The molecule has 2 amide bonds. The van der Waals surface area contributed by atoms with Gasteiger partial charge in [-0.3, -0.25) is 9.59 Å². The van der Waals surface area contributed by atoms with Gasteiger partial charge in [0.15, 0.2) is 10.9 Å². The number of aryl methyl sites for hydroxylation is 3. The highest BCUT2D eigenvalue weighted by Gasteiger charge is 2.18. The molecule has 0 aliphatic rings. The Kier molecular flexibility index (Phi) is 7.65. The first-order valence-corrected chi connectivity index (χ1v) is 10.4. The van der Waals surface area contributed by atoms with Crippen molar-refractivity contribution < 1.29 is 14.1 Å². The molecule has 7 nitrogen and oxygen atoms in total. The number of nitrogens with zero attached hydrogens (tertiary/aromatic N) is 2. The Labute approximate surface area is 161 Å². The molecule has 26 heavy (non-hydrogen) atoms. The van der Waals surface area contributed by atoms with E-state index in [4.69, 9.17) is 4.52 Å². The van der Waals surface area contributed by atoms with Crippen molar-refractivity contribution in [3.05, 3.63) is 22.4 Å². The highest BCUT2D eigenvalue weighted by Crippen LogP contribution is 2.25. The number of rotatable bonds is 9. The smallest absolute Gasteiger partial charge is 0.238 e. The summed E-state index contributed by atoms with van der Waals surface area (Å²) in [5, 5.41) is 9.45. The molecule has 0 aliphatic heterocycles. The van der Waals surface area contributed by atoms with Gasteiger partial charge in [0.2, 0.25) is 11.8 Å². The normalized spacial score (nSPS) is 12.0. The van der Waals surface area contributed by atoms with E-state index in [2.05, 4.69) is 34.6 Å². The highest BCUT2D eigenvalue weighted by molar-refractivity contribution is 8.01. The van der Waals surface area contributed by atoms with Crippen molar-refractivity contribution in [2.24, 2.45) is 0 Å². The fraction of sp³-hybridized carbons (Fsp3) is 0.529. The van der Waals surface area contributed by atoms with E-state index in [9.17, 15) is 9.59 Å². The summed E-state index contributed by atoms with van der Waals surface area (Å²) in [7, 11) is 0. The molecule has 0 aliphatic carbocycles. The topological polar surface area (TPSA) is 97.1 Å². The Morgan fingerprint density at radius 3 is 2.73 bits per heavy atom. The molecule has 2 heterocycles. The van der Waals surface area contributed by atoms with Crippen molar-refractivity contribution in [2.45, 2.75) is 52.2 Å². The predicted molar refractivity (Wildman–Crippen MR) is 106 cm³/mol. The molecule has 0 aromatic carbocycles. The number of hydrogen-bond acceptors (Lipinski definition) is 7. The number of thioether (sulfide) groups is 1. The Balaban J connectivity index is 1.81. The minimum Gasteiger partial charge on any atom is -0.360 e. The van der Waals surface area contributed by atoms with Crippen molar-refractivity contribution in [2.75, 3.05) is 16.4 Å². The highest BCUT2D eigenvalue weighted by atomic mass is 32.2. The summed E-state index contributed by atoms with van der Waals surface area (Å²) < 4.78 is 4.91.